The van der Waals surface area contributed by atoms with Gasteiger partial charge >= 0.3 is 5.97 Å². The minimum absolute atomic E-state index is 0.146. The van der Waals surface area contributed by atoms with Crippen LogP contribution in [-0.2, 0) is 20.4 Å². The van der Waals surface area contributed by atoms with Crippen LogP contribution in [0.15, 0.2) is 95.9 Å². The molecule has 5 rings (SSSR count). The maximum atomic E-state index is 13.4. The van der Waals surface area contributed by atoms with Crippen molar-refractivity contribution < 1.29 is 17.9 Å². The van der Waals surface area contributed by atoms with Crippen molar-refractivity contribution >= 4 is 33.1 Å². The fourth-order valence-corrected chi connectivity index (χ4v) is 5.90. The highest BCUT2D eigenvalue weighted by molar-refractivity contribution is 7.92. The highest BCUT2D eigenvalue weighted by Gasteiger charge is 2.48. The Balaban J connectivity index is 1.61. The van der Waals surface area contributed by atoms with E-state index < -0.39 is 21.6 Å². The maximum absolute atomic E-state index is 13.4. The number of carbonyl (C=O) groups is 1. The van der Waals surface area contributed by atoms with E-state index in [4.69, 9.17) is 4.74 Å². The monoisotopic (exact) mass is 541 g/mol. The summed E-state index contributed by atoms with van der Waals surface area (Å²) in [6, 6.07) is 27.4. The molecule has 0 spiro atoms. The van der Waals surface area contributed by atoms with Gasteiger partial charge in [0.1, 0.15) is 0 Å². The van der Waals surface area contributed by atoms with Gasteiger partial charge in [-0.3, -0.25) is 4.72 Å². The average Bonchev–Trinajstić information content (AvgIpc) is 3.21. The van der Waals surface area contributed by atoms with Crippen LogP contribution in [0, 0.1) is 6.92 Å². The van der Waals surface area contributed by atoms with E-state index in [1.54, 1.807) is 42.5 Å². The molecule has 200 valence electrons. The van der Waals surface area contributed by atoms with Crippen LogP contribution in [0.1, 0.15) is 32.6 Å². The van der Waals surface area contributed by atoms with Crippen LogP contribution in [-0.4, -0.2) is 42.6 Å². The van der Waals surface area contributed by atoms with Gasteiger partial charge in [0.05, 0.1) is 10.5 Å². The lowest BCUT2D eigenvalue weighted by Gasteiger charge is -2.31. The van der Waals surface area contributed by atoms with Crippen molar-refractivity contribution in [3.63, 3.8) is 0 Å². The first-order valence-electron chi connectivity index (χ1n) is 12.5. The Labute approximate surface area is 229 Å². The van der Waals surface area contributed by atoms with Gasteiger partial charge in [-0.05, 0) is 55.5 Å². The summed E-state index contributed by atoms with van der Waals surface area (Å²) < 4.78 is 34.8. The van der Waals surface area contributed by atoms with Crippen LogP contribution in [0.25, 0.3) is 0 Å². The highest BCUT2D eigenvalue weighted by atomic mass is 32.2. The van der Waals surface area contributed by atoms with Crippen LogP contribution in [0.3, 0.4) is 0 Å². The summed E-state index contributed by atoms with van der Waals surface area (Å²) in [6.07, 6.45) is 0. The van der Waals surface area contributed by atoms with Gasteiger partial charge in [0.2, 0.25) is 0 Å². The molecule has 0 fully saturated rings. The van der Waals surface area contributed by atoms with Crippen LogP contribution in [0.2, 0.25) is 0 Å². The van der Waals surface area contributed by atoms with Crippen molar-refractivity contribution in [1.82, 2.24) is 0 Å². The second-order valence-electron chi connectivity index (χ2n) is 10.1. The summed E-state index contributed by atoms with van der Waals surface area (Å²) in [4.78, 5) is 17.5. The van der Waals surface area contributed by atoms with Crippen molar-refractivity contribution in [1.29, 1.82) is 0 Å². The summed E-state index contributed by atoms with van der Waals surface area (Å²) in [5.41, 5.74) is 4.65. The number of anilines is 3. The first kappa shape index (κ1) is 26.3. The number of hydrogen-bond donors (Lipinski definition) is 1. The molecule has 4 aromatic rings. The van der Waals surface area contributed by atoms with E-state index >= 15 is 0 Å². The smallest absolute Gasteiger partial charge is 0.340 e. The molecule has 0 saturated carbocycles. The van der Waals surface area contributed by atoms with E-state index in [1.165, 1.54) is 0 Å². The first-order valence-corrected chi connectivity index (χ1v) is 14.0. The Morgan fingerprint density at radius 2 is 1.23 bits per heavy atom. The fourth-order valence-electron chi connectivity index (χ4n) is 4.85. The number of rotatable bonds is 7. The van der Waals surface area contributed by atoms with E-state index in [1.807, 2.05) is 93.4 Å². The third kappa shape index (κ3) is 4.72. The van der Waals surface area contributed by atoms with Gasteiger partial charge < -0.3 is 14.5 Å². The van der Waals surface area contributed by atoms with Crippen LogP contribution < -0.4 is 14.5 Å². The number of esters is 1. The average molecular weight is 542 g/mol. The Morgan fingerprint density at radius 3 is 1.72 bits per heavy atom. The van der Waals surface area contributed by atoms with Crippen LogP contribution >= 0.6 is 0 Å². The summed E-state index contributed by atoms with van der Waals surface area (Å²) in [5, 5.41) is 0. The molecule has 0 saturated heterocycles. The van der Waals surface area contributed by atoms with Crippen LogP contribution in [0.4, 0.5) is 17.1 Å². The topological polar surface area (TPSA) is 78.9 Å². The largest absolute Gasteiger partial charge is 0.441 e. The number of sulfonamides is 1. The molecular formula is C31H31N3O4S. The van der Waals surface area contributed by atoms with E-state index in [2.05, 4.69) is 4.72 Å². The van der Waals surface area contributed by atoms with E-state index in [0.717, 1.165) is 28.1 Å². The van der Waals surface area contributed by atoms with Crippen molar-refractivity contribution in [2.75, 3.05) is 42.7 Å². The molecule has 8 heteroatoms. The number of hydrogen-bond acceptors (Lipinski definition) is 6. The van der Waals surface area contributed by atoms with Gasteiger partial charge in [-0.25, -0.2) is 13.2 Å². The van der Waals surface area contributed by atoms with E-state index in [0.29, 0.717) is 11.1 Å². The second-order valence-corrected chi connectivity index (χ2v) is 11.8. The molecule has 1 heterocycles. The molecule has 0 radical (unpaired) electrons. The predicted octanol–water partition coefficient (Wildman–Crippen LogP) is 5.39. The molecule has 0 unspecified atom stereocenters. The molecule has 0 amide bonds. The SMILES string of the molecule is Cc1ccc(S(=O)(=O)Nc2ccc3c(c2)C(=O)OC3(c2ccc(N(C)C)cc2)c2ccc(N(C)C)cc2)cc1. The minimum Gasteiger partial charge on any atom is -0.441 e. The zero-order valence-corrected chi connectivity index (χ0v) is 23.4. The van der Waals surface area contributed by atoms with E-state index in [-0.39, 0.29) is 10.6 Å². The quantitative estimate of drug-likeness (QED) is 0.316. The third-order valence-electron chi connectivity index (χ3n) is 7.03. The van der Waals surface area contributed by atoms with Gasteiger partial charge in [-0.2, -0.15) is 0 Å². The van der Waals surface area contributed by atoms with Gasteiger partial charge in [0.25, 0.3) is 10.0 Å². The highest BCUT2D eigenvalue weighted by Crippen LogP contribution is 2.48. The Morgan fingerprint density at radius 1 is 0.718 bits per heavy atom. The molecule has 0 aromatic heterocycles. The van der Waals surface area contributed by atoms with Crippen LogP contribution in [0.5, 0.6) is 0 Å². The molecule has 4 aromatic carbocycles. The lowest BCUT2D eigenvalue weighted by Crippen LogP contribution is -2.29. The number of aryl methyl sites for hydroxylation is 1. The maximum Gasteiger partial charge on any atom is 0.340 e. The number of carbonyl (C=O) groups excluding carboxylic acids is 1. The summed E-state index contributed by atoms with van der Waals surface area (Å²) in [6.45, 7) is 1.89. The van der Waals surface area contributed by atoms with Crippen molar-refractivity contribution in [2.45, 2.75) is 17.4 Å². The second kappa shape index (κ2) is 9.78. The van der Waals surface area contributed by atoms with Gasteiger partial charge in [-0.1, -0.05) is 48.0 Å². The molecule has 0 atom stereocenters. The van der Waals surface area contributed by atoms with Crippen molar-refractivity contribution in [2.24, 2.45) is 0 Å². The predicted molar refractivity (Wildman–Crippen MR) is 155 cm³/mol. The summed E-state index contributed by atoms with van der Waals surface area (Å²) >= 11 is 0. The van der Waals surface area contributed by atoms with E-state index in [9.17, 15) is 13.2 Å². The standard InChI is InChI=1S/C31H31N3O4S/c1-21-6-17-27(18-7-21)39(36,37)32-24-12-19-29-28(20-24)30(35)38-31(29,22-8-13-25(14-9-22)33(2)3)23-10-15-26(16-11-23)34(4)5/h6-20,32H,1-5H3. The Hall–Kier alpha value is -4.30. The molecule has 1 N–H and O–H groups in total. The van der Waals surface area contributed by atoms with Gasteiger partial charge in [0, 0.05) is 61.9 Å². The Kier molecular flexibility index (Phi) is 6.60. The molecular weight excluding hydrogens is 510 g/mol. The number of ether oxygens (including phenoxy) is 1. The fraction of sp³-hybridized carbons (Fsp3) is 0.194. The summed E-state index contributed by atoms with van der Waals surface area (Å²) in [7, 11) is 4.03. The number of benzene rings is 4. The number of cyclic esters (lactones) is 1. The Bertz CT molecular complexity index is 1580. The lowest BCUT2D eigenvalue weighted by molar-refractivity contribution is 0.0251. The molecule has 0 bridgehead atoms. The molecule has 1 aliphatic heterocycles. The first-order chi connectivity index (χ1) is 18.5. The van der Waals surface area contributed by atoms with Crippen molar-refractivity contribution in [3.05, 3.63) is 119 Å². The van der Waals surface area contributed by atoms with Gasteiger partial charge in [0.15, 0.2) is 5.60 Å². The normalized spacial score (nSPS) is 13.9. The number of nitrogens with one attached hydrogen (secondary N) is 1. The minimum atomic E-state index is -3.84. The number of fused-ring (bicyclic) bond motifs is 1. The molecule has 39 heavy (non-hydrogen) atoms. The van der Waals surface area contributed by atoms with Gasteiger partial charge in [-0.15, -0.1) is 0 Å². The number of nitrogens with zero attached hydrogens (tertiary/aromatic N) is 2. The molecule has 1 aliphatic rings. The third-order valence-corrected chi connectivity index (χ3v) is 8.43. The zero-order valence-electron chi connectivity index (χ0n) is 22.6. The van der Waals surface area contributed by atoms with Crippen molar-refractivity contribution in [3.8, 4) is 0 Å². The molecule has 7 nitrogen and oxygen atoms in total. The lowest BCUT2D eigenvalue weighted by atomic mass is 9.79. The molecule has 0 aliphatic carbocycles. The summed E-state index contributed by atoms with van der Waals surface area (Å²) in [5.74, 6) is -0.519. The zero-order chi connectivity index (χ0) is 27.9.